The first-order valence-corrected chi connectivity index (χ1v) is 6.74. The third-order valence-electron chi connectivity index (χ3n) is 2.99. The summed E-state index contributed by atoms with van der Waals surface area (Å²) in [5.41, 5.74) is 7.68. The first-order chi connectivity index (χ1) is 8.44. The van der Waals surface area contributed by atoms with E-state index in [9.17, 15) is 0 Å². The lowest BCUT2D eigenvalue weighted by molar-refractivity contribution is 0.524. The maximum Gasteiger partial charge on any atom is 0.0247 e. The van der Waals surface area contributed by atoms with Gasteiger partial charge in [-0.1, -0.05) is 43.2 Å². The molecule has 1 rings (SSSR count). The van der Waals surface area contributed by atoms with Crippen LogP contribution in [0.25, 0.3) is 0 Å². The fourth-order valence-electron chi connectivity index (χ4n) is 2.06. The summed E-state index contributed by atoms with van der Waals surface area (Å²) < 4.78 is 0. The highest BCUT2D eigenvalue weighted by atomic mass is 14.6. The zero-order valence-corrected chi connectivity index (χ0v) is 12.0. The normalized spacial score (nSPS) is 14.5. The summed E-state index contributed by atoms with van der Waals surface area (Å²) in [6, 6.07) is 10.6. The minimum absolute atomic E-state index is 0.0637. The average molecular weight is 243 g/mol. The van der Waals surface area contributed by atoms with E-state index < -0.39 is 0 Å². The van der Waals surface area contributed by atoms with Crippen LogP contribution >= 0.6 is 0 Å². The van der Waals surface area contributed by atoms with Gasteiger partial charge in [0, 0.05) is 17.9 Å². The van der Waals surface area contributed by atoms with Crippen LogP contribution in [0.3, 0.4) is 0 Å². The fraction of sp³-hybridized carbons (Fsp3) is 0.529. The van der Waals surface area contributed by atoms with Crippen molar-refractivity contribution < 1.29 is 0 Å². The minimum Gasteiger partial charge on any atom is -0.326 e. The predicted molar refractivity (Wildman–Crippen MR) is 79.3 cm³/mol. The van der Waals surface area contributed by atoms with Crippen LogP contribution in [0.15, 0.2) is 30.3 Å². The molecule has 2 unspecified atom stereocenters. The lowest BCUT2D eigenvalue weighted by Gasteiger charge is -2.21. The van der Waals surface area contributed by atoms with Crippen LogP contribution in [0.2, 0.25) is 0 Å². The molecule has 0 fully saturated rings. The Labute approximate surface area is 112 Å². The van der Waals surface area contributed by atoms with Gasteiger partial charge in [-0.05, 0) is 38.7 Å². The molecule has 0 aliphatic rings. The monoisotopic (exact) mass is 243 g/mol. The lowest BCUT2D eigenvalue weighted by Crippen LogP contribution is -2.27. The highest BCUT2D eigenvalue weighted by Crippen LogP contribution is 2.23. The second kappa shape index (κ2) is 6.61. The quantitative estimate of drug-likeness (QED) is 0.796. The van der Waals surface area contributed by atoms with Crippen molar-refractivity contribution in [1.82, 2.24) is 0 Å². The van der Waals surface area contributed by atoms with Crippen molar-refractivity contribution in [3.8, 4) is 11.8 Å². The summed E-state index contributed by atoms with van der Waals surface area (Å²) in [6.45, 7) is 8.56. The Balaban J connectivity index is 2.69. The molecule has 0 heterocycles. The zero-order chi connectivity index (χ0) is 13.6. The second-order valence-corrected chi connectivity index (χ2v) is 5.85. The van der Waals surface area contributed by atoms with Gasteiger partial charge >= 0.3 is 0 Å². The van der Waals surface area contributed by atoms with Crippen LogP contribution in [0.1, 0.15) is 52.0 Å². The second-order valence-electron chi connectivity index (χ2n) is 5.85. The first-order valence-electron chi connectivity index (χ1n) is 6.74. The smallest absolute Gasteiger partial charge is 0.0247 e. The molecule has 0 spiro atoms. The van der Waals surface area contributed by atoms with Gasteiger partial charge < -0.3 is 5.73 Å². The van der Waals surface area contributed by atoms with Crippen molar-refractivity contribution in [1.29, 1.82) is 0 Å². The Kier molecular flexibility index (Phi) is 5.44. The highest BCUT2D eigenvalue weighted by molar-refractivity contribution is 5.22. The van der Waals surface area contributed by atoms with Gasteiger partial charge in [-0.2, -0.15) is 0 Å². The number of hydrogen-bond acceptors (Lipinski definition) is 1. The van der Waals surface area contributed by atoms with Crippen molar-refractivity contribution in [2.75, 3.05) is 0 Å². The van der Waals surface area contributed by atoms with Crippen molar-refractivity contribution >= 4 is 0 Å². The number of nitrogens with two attached hydrogens (primary N) is 1. The molecule has 2 atom stereocenters. The molecule has 98 valence electrons. The Hall–Kier alpha value is -1.26. The van der Waals surface area contributed by atoms with Crippen LogP contribution < -0.4 is 5.73 Å². The van der Waals surface area contributed by atoms with Crippen molar-refractivity contribution in [2.24, 2.45) is 11.1 Å². The molecular formula is C17H25N. The third-order valence-corrected chi connectivity index (χ3v) is 2.99. The molecule has 0 aliphatic carbocycles. The summed E-state index contributed by atoms with van der Waals surface area (Å²) in [6.07, 6.45) is 1.83. The highest BCUT2D eigenvalue weighted by Gasteiger charge is 2.16. The number of benzene rings is 1. The topological polar surface area (TPSA) is 26.0 Å². The number of rotatable bonds is 4. The molecular weight excluding hydrogens is 218 g/mol. The van der Waals surface area contributed by atoms with E-state index in [2.05, 4.69) is 63.8 Å². The fourth-order valence-corrected chi connectivity index (χ4v) is 2.06. The molecule has 0 aromatic heterocycles. The van der Waals surface area contributed by atoms with Crippen molar-refractivity contribution in [3.05, 3.63) is 35.9 Å². The third kappa shape index (κ3) is 4.94. The average Bonchev–Trinajstić information content (AvgIpc) is 2.29. The summed E-state index contributed by atoms with van der Waals surface area (Å²) >= 11 is 0. The Morgan fingerprint density at radius 2 is 1.78 bits per heavy atom. The predicted octanol–water partition coefficient (Wildman–Crippen LogP) is 3.95. The van der Waals surface area contributed by atoms with Crippen LogP contribution in [0.5, 0.6) is 0 Å². The Bertz CT molecular complexity index is 403. The molecule has 2 N–H and O–H groups in total. The zero-order valence-electron chi connectivity index (χ0n) is 12.0. The molecule has 18 heavy (non-hydrogen) atoms. The molecule has 1 heteroatoms. The number of hydrogen-bond donors (Lipinski definition) is 1. The van der Waals surface area contributed by atoms with Gasteiger partial charge in [0.05, 0.1) is 0 Å². The maximum absolute atomic E-state index is 6.29. The van der Waals surface area contributed by atoms with Gasteiger partial charge in [0.25, 0.3) is 0 Å². The summed E-state index contributed by atoms with van der Waals surface area (Å²) in [7, 11) is 0. The van der Waals surface area contributed by atoms with E-state index in [1.807, 2.05) is 6.07 Å². The SMILES string of the molecule is CCC(c1ccccc1)C(N)CC#CC(C)(C)C. The molecule has 0 aliphatic heterocycles. The maximum atomic E-state index is 6.29. The largest absolute Gasteiger partial charge is 0.326 e. The van der Waals surface area contributed by atoms with Crippen LogP contribution in [0, 0.1) is 17.3 Å². The molecule has 1 aromatic rings. The van der Waals surface area contributed by atoms with Gasteiger partial charge in [0.2, 0.25) is 0 Å². The van der Waals surface area contributed by atoms with Gasteiger partial charge in [-0.25, -0.2) is 0 Å². The molecule has 0 saturated carbocycles. The Morgan fingerprint density at radius 3 is 2.28 bits per heavy atom. The van der Waals surface area contributed by atoms with Gasteiger partial charge in [0.1, 0.15) is 0 Å². The lowest BCUT2D eigenvalue weighted by atomic mass is 9.87. The summed E-state index contributed by atoms with van der Waals surface area (Å²) in [4.78, 5) is 0. The van der Waals surface area contributed by atoms with E-state index in [1.54, 1.807) is 0 Å². The molecule has 1 nitrogen and oxygen atoms in total. The Morgan fingerprint density at radius 1 is 1.17 bits per heavy atom. The minimum atomic E-state index is 0.0637. The first kappa shape index (κ1) is 14.8. The van der Waals surface area contributed by atoms with Crippen LogP contribution in [0.4, 0.5) is 0 Å². The van der Waals surface area contributed by atoms with E-state index >= 15 is 0 Å². The van der Waals surface area contributed by atoms with Gasteiger partial charge in [-0.15, -0.1) is 5.92 Å². The van der Waals surface area contributed by atoms with Crippen molar-refractivity contribution in [3.63, 3.8) is 0 Å². The van der Waals surface area contributed by atoms with Crippen LogP contribution in [-0.2, 0) is 0 Å². The van der Waals surface area contributed by atoms with Gasteiger partial charge in [-0.3, -0.25) is 0 Å². The molecule has 1 aromatic carbocycles. The standard InChI is InChI=1S/C17H25N/c1-5-15(14-10-7-6-8-11-14)16(18)12-9-13-17(2,3)4/h6-8,10-11,15-16H,5,12,18H2,1-4H3. The van der Waals surface area contributed by atoms with Crippen LogP contribution in [-0.4, -0.2) is 6.04 Å². The van der Waals surface area contributed by atoms with E-state index in [0.29, 0.717) is 5.92 Å². The van der Waals surface area contributed by atoms with E-state index in [-0.39, 0.29) is 11.5 Å². The van der Waals surface area contributed by atoms with Gasteiger partial charge in [0.15, 0.2) is 0 Å². The molecule has 0 amide bonds. The molecule has 0 saturated heterocycles. The molecule has 0 bridgehead atoms. The summed E-state index contributed by atoms with van der Waals surface area (Å²) in [5.74, 6) is 6.89. The van der Waals surface area contributed by atoms with E-state index in [0.717, 1.165) is 12.8 Å². The van der Waals surface area contributed by atoms with E-state index in [4.69, 9.17) is 5.73 Å². The van der Waals surface area contributed by atoms with E-state index in [1.165, 1.54) is 5.56 Å². The summed E-state index contributed by atoms with van der Waals surface area (Å²) in [5, 5.41) is 0. The molecule has 0 radical (unpaired) electrons. The van der Waals surface area contributed by atoms with Crippen molar-refractivity contribution in [2.45, 2.75) is 52.5 Å².